The third-order valence-electron chi connectivity index (χ3n) is 3.96. The van der Waals surface area contributed by atoms with Crippen molar-refractivity contribution in [3.8, 4) is 11.5 Å². The molecule has 0 radical (unpaired) electrons. The molecule has 0 aliphatic carbocycles. The smallest absolute Gasteiger partial charge is 0.261 e. The minimum Gasteiger partial charge on any atom is -0.454 e. The maximum absolute atomic E-state index is 12.7. The molecule has 3 aromatic rings. The van der Waals surface area contributed by atoms with Crippen molar-refractivity contribution in [3.63, 3.8) is 0 Å². The Morgan fingerprint density at radius 2 is 1.84 bits per heavy atom. The molecule has 25 heavy (non-hydrogen) atoms. The Morgan fingerprint density at radius 1 is 1.04 bits per heavy atom. The highest BCUT2D eigenvalue weighted by molar-refractivity contribution is 7.92. The summed E-state index contributed by atoms with van der Waals surface area (Å²) in [4.78, 5) is 14.3. The Morgan fingerprint density at radius 3 is 2.68 bits per heavy atom. The number of rotatable bonds is 3. The van der Waals surface area contributed by atoms with Crippen LogP contribution < -0.4 is 19.8 Å². The number of aryl methyl sites for hydroxylation is 1. The van der Waals surface area contributed by atoms with E-state index in [2.05, 4.69) is 9.71 Å². The molecule has 1 aromatic heterocycles. The van der Waals surface area contributed by atoms with Gasteiger partial charge >= 0.3 is 0 Å². The van der Waals surface area contributed by atoms with Crippen molar-refractivity contribution in [2.45, 2.75) is 11.8 Å². The molecule has 4 rings (SSSR count). The zero-order valence-corrected chi connectivity index (χ0v) is 14.0. The lowest BCUT2D eigenvalue weighted by molar-refractivity contribution is 0.174. The summed E-state index contributed by atoms with van der Waals surface area (Å²) >= 11 is 0. The molecule has 1 aliphatic rings. The molecular weight excluding hydrogens is 344 g/mol. The van der Waals surface area contributed by atoms with Crippen molar-refractivity contribution in [1.29, 1.82) is 0 Å². The van der Waals surface area contributed by atoms with Gasteiger partial charge in [0.15, 0.2) is 11.5 Å². The van der Waals surface area contributed by atoms with Gasteiger partial charge in [-0.15, -0.1) is 0 Å². The number of hydrogen-bond acceptors (Lipinski definition) is 5. The summed E-state index contributed by atoms with van der Waals surface area (Å²) in [5, 5.41) is 0.674. The highest BCUT2D eigenvalue weighted by Gasteiger charge is 2.18. The number of ether oxygens (including phenoxy) is 2. The number of hydrogen-bond donors (Lipinski definition) is 2. The maximum Gasteiger partial charge on any atom is 0.261 e. The molecule has 0 fully saturated rings. The van der Waals surface area contributed by atoms with Crippen LogP contribution in [0.2, 0.25) is 0 Å². The maximum atomic E-state index is 12.7. The zero-order chi connectivity index (χ0) is 17.6. The SMILES string of the molecule is Cc1cc(=O)[nH]c2ccc(S(=O)(=O)Nc3ccc4c(c3)OCO4)cc12. The van der Waals surface area contributed by atoms with Crippen LogP contribution in [0.15, 0.2) is 52.2 Å². The van der Waals surface area contributed by atoms with Crippen molar-refractivity contribution in [1.82, 2.24) is 4.98 Å². The van der Waals surface area contributed by atoms with E-state index in [1.165, 1.54) is 18.2 Å². The van der Waals surface area contributed by atoms with Crippen molar-refractivity contribution < 1.29 is 17.9 Å². The molecule has 128 valence electrons. The molecule has 0 unspecified atom stereocenters. The van der Waals surface area contributed by atoms with Gasteiger partial charge < -0.3 is 14.5 Å². The first-order valence-electron chi connectivity index (χ1n) is 7.48. The van der Waals surface area contributed by atoms with E-state index in [-0.39, 0.29) is 17.2 Å². The van der Waals surface area contributed by atoms with E-state index in [1.807, 2.05) is 0 Å². The summed E-state index contributed by atoms with van der Waals surface area (Å²) in [6.45, 7) is 1.88. The normalized spacial score (nSPS) is 13.2. The van der Waals surface area contributed by atoms with Crippen LogP contribution in [0, 0.1) is 6.92 Å². The van der Waals surface area contributed by atoms with Gasteiger partial charge in [0.1, 0.15) is 0 Å². The summed E-state index contributed by atoms with van der Waals surface area (Å²) in [6.07, 6.45) is 0. The summed E-state index contributed by atoms with van der Waals surface area (Å²) < 4.78 is 38.3. The number of sulfonamides is 1. The van der Waals surface area contributed by atoms with Crippen LogP contribution in [0.3, 0.4) is 0 Å². The fourth-order valence-corrected chi connectivity index (χ4v) is 3.82. The second-order valence-electron chi connectivity index (χ2n) is 5.70. The van der Waals surface area contributed by atoms with E-state index in [1.54, 1.807) is 31.2 Å². The number of aromatic amines is 1. The highest BCUT2D eigenvalue weighted by atomic mass is 32.2. The molecular formula is C17H14N2O5S. The second kappa shape index (κ2) is 5.52. The topological polar surface area (TPSA) is 97.5 Å². The van der Waals surface area contributed by atoms with Gasteiger partial charge in [-0.25, -0.2) is 8.42 Å². The van der Waals surface area contributed by atoms with Crippen LogP contribution in [-0.4, -0.2) is 20.2 Å². The van der Waals surface area contributed by atoms with Gasteiger partial charge in [-0.1, -0.05) is 0 Å². The Hall–Kier alpha value is -3.00. The molecule has 1 aliphatic heterocycles. The molecule has 0 saturated carbocycles. The Bertz CT molecular complexity index is 1150. The number of pyridine rings is 1. The average Bonchev–Trinajstić information content (AvgIpc) is 3.01. The van der Waals surface area contributed by atoms with Gasteiger partial charge in [0.2, 0.25) is 12.4 Å². The first-order valence-corrected chi connectivity index (χ1v) is 8.97. The summed E-state index contributed by atoms with van der Waals surface area (Å²) in [6, 6.07) is 10.8. The summed E-state index contributed by atoms with van der Waals surface area (Å²) in [7, 11) is -3.79. The van der Waals surface area contributed by atoms with Gasteiger partial charge in [-0.2, -0.15) is 0 Å². The number of H-pyrrole nitrogens is 1. The molecule has 0 spiro atoms. The predicted molar refractivity (Wildman–Crippen MR) is 92.7 cm³/mol. The van der Waals surface area contributed by atoms with E-state index in [0.29, 0.717) is 33.7 Å². The number of fused-ring (bicyclic) bond motifs is 2. The summed E-state index contributed by atoms with van der Waals surface area (Å²) in [5.74, 6) is 1.07. The van der Waals surface area contributed by atoms with Crippen LogP contribution in [0.1, 0.15) is 5.56 Å². The van der Waals surface area contributed by atoms with Crippen molar-refractivity contribution in [3.05, 3.63) is 58.4 Å². The molecule has 0 amide bonds. The number of nitrogens with one attached hydrogen (secondary N) is 2. The van der Waals surface area contributed by atoms with Crippen molar-refractivity contribution in [2.75, 3.05) is 11.5 Å². The number of aromatic nitrogens is 1. The number of anilines is 1. The van der Waals surface area contributed by atoms with Gasteiger partial charge in [0.25, 0.3) is 10.0 Å². The van der Waals surface area contributed by atoms with Crippen LogP contribution in [-0.2, 0) is 10.0 Å². The van der Waals surface area contributed by atoms with Crippen LogP contribution in [0.25, 0.3) is 10.9 Å². The first-order chi connectivity index (χ1) is 11.9. The van der Waals surface area contributed by atoms with Crippen molar-refractivity contribution in [2.24, 2.45) is 0 Å². The average molecular weight is 358 g/mol. The quantitative estimate of drug-likeness (QED) is 0.749. The monoisotopic (exact) mass is 358 g/mol. The van der Waals surface area contributed by atoms with Crippen LogP contribution in [0.5, 0.6) is 11.5 Å². The van der Waals surface area contributed by atoms with E-state index in [0.717, 1.165) is 0 Å². The van der Waals surface area contributed by atoms with E-state index >= 15 is 0 Å². The van der Waals surface area contributed by atoms with E-state index in [9.17, 15) is 13.2 Å². The summed E-state index contributed by atoms with van der Waals surface area (Å²) in [5.41, 5.74) is 1.45. The Balaban J connectivity index is 1.72. The Labute approximate surface area is 143 Å². The minimum atomic E-state index is -3.79. The fraction of sp³-hybridized carbons (Fsp3) is 0.118. The van der Waals surface area contributed by atoms with E-state index in [4.69, 9.17) is 9.47 Å². The third-order valence-corrected chi connectivity index (χ3v) is 5.34. The zero-order valence-electron chi connectivity index (χ0n) is 13.2. The molecule has 0 atom stereocenters. The highest BCUT2D eigenvalue weighted by Crippen LogP contribution is 2.35. The number of benzene rings is 2. The molecule has 2 N–H and O–H groups in total. The van der Waals surface area contributed by atoms with Gasteiger partial charge in [0.05, 0.1) is 10.6 Å². The first kappa shape index (κ1) is 15.5. The van der Waals surface area contributed by atoms with Gasteiger partial charge in [-0.05, 0) is 42.8 Å². The van der Waals surface area contributed by atoms with Crippen LogP contribution >= 0.6 is 0 Å². The standard InChI is InChI=1S/C17H14N2O5S/c1-10-6-17(20)18-14-4-3-12(8-13(10)14)25(21,22)19-11-2-5-15-16(7-11)24-9-23-15/h2-8,19H,9H2,1H3,(H,18,20). The molecule has 8 heteroatoms. The molecule has 0 saturated heterocycles. The molecule has 2 aromatic carbocycles. The largest absolute Gasteiger partial charge is 0.454 e. The minimum absolute atomic E-state index is 0.104. The predicted octanol–water partition coefficient (Wildman–Crippen LogP) is 2.37. The van der Waals surface area contributed by atoms with Gasteiger partial charge in [-0.3, -0.25) is 9.52 Å². The third kappa shape index (κ3) is 2.80. The Kier molecular flexibility index (Phi) is 3.43. The second-order valence-corrected chi connectivity index (χ2v) is 7.38. The molecule has 0 bridgehead atoms. The fourth-order valence-electron chi connectivity index (χ4n) is 2.74. The lowest BCUT2D eigenvalue weighted by atomic mass is 10.1. The van der Waals surface area contributed by atoms with E-state index < -0.39 is 10.0 Å². The molecule has 7 nitrogen and oxygen atoms in total. The van der Waals surface area contributed by atoms with Gasteiger partial charge in [0, 0.05) is 23.0 Å². The van der Waals surface area contributed by atoms with Crippen molar-refractivity contribution >= 4 is 26.6 Å². The molecule has 2 heterocycles. The van der Waals surface area contributed by atoms with Crippen LogP contribution in [0.4, 0.5) is 5.69 Å². The lowest BCUT2D eigenvalue weighted by Gasteiger charge is -2.10. The lowest BCUT2D eigenvalue weighted by Crippen LogP contribution is -2.13.